The molecule has 0 unspecified atom stereocenters. The van der Waals surface area contributed by atoms with Gasteiger partial charge in [0.05, 0.1) is 0 Å². The molecule has 4 nitrogen and oxygen atoms in total. The number of rotatable bonds is 5. The van der Waals surface area contributed by atoms with Gasteiger partial charge in [-0.15, -0.1) is 0 Å². The second-order valence-corrected chi connectivity index (χ2v) is 6.42. The molecule has 1 fully saturated rings. The first kappa shape index (κ1) is 16.0. The number of carbonyl (C=O) groups is 1. The lowest BCUT2D eigenvalue weighted by Crippen LogP contribution is -2.43. The van der Waals surface area contributed by atoms with Crippen molar-refractivity contribution in [3.05, 3.63) is 29.8 Å². The summed E-state index contributed by atoms with van der Waals surface area (Å²) in [5, 5.41) is 2.95. The van der Waals surface area contributed by atoms with Gasteiger partial charge >= 0.3 is 0 Å². The summed E-state index contributed by atoms with van der Waals surface area (Å²) < 4.78 is 0. The standard InChI is InChI=1S/C17H27N3O/c1-14(2)12-17(21)18-16-6-4-15(5-7-16)13-20-10-8-19(3)9-11-20/h4-7,14H,8-13H2,1-3H3,(H,18,21). The summed E-state index contributed by atoms with van der Waals surface area (Å²) in [6.45, 7) is 9.64. The Labute approximate surface area is 128 Å². The van der Waals surface area contributed by atoms with Gasteiger partial charge in [-0.25, -0.2) is 0 Å². The van der Waals surface area contributed by atoms with Crippen molar-refractivity contribution in [2.45, 2.75) is 26.8 Å². The number of carbonyl (C=O) groups excluding carboxylic acids is 1. The van der Waals surface area contributed by atoms with E-state index >= 15 is 0 Å². The third kappa shape index (κ3) is 5.48. The Balaban J connectivity index is 1.83. The van der Waals surface area contributed by atoms with E-state index in [1.807, 2.05) is 12.1 Å². The molecular formula is C17H27N3O. The van der Waals surface area contributed by atoms with Crippen LogP contribution in [-0.2, 0) is 11.3 Å². The Morgan fingerprint density at radius 2 is 1.76 bits per heavy atom. The van der Waals surface area contributed by atoms with Crippen LogP contribution in [0, 0.1) is 5.92 Å². The Kier molecular flexibility index (Phi) is 5.76. The number of amides is 1. The summed E-state index contributed by atoms with van der Waals surface area (Å²) in [6.07, 6.45) is 0.572. The predicted molar refractivity (Wildman–Crippen MR) is 87.3 cm³/mol. The molecule has 0 saturated carbocycles. The van der Waals surface area contributed by atoms with Crippen LogP contribution in [0.5, 0.6) is 0 Å². The van der Waals surface area contributed by atoms with Gasteiger partial charge in [-0.1, -0.05) is 26.0 Å². The van der Waals surface area contributed by atoms with Gasteiger partial charge in [0.15, 0.2) is 0 Å². The lowest BCUT2D eigenvalue weighted by atomic mass is 10.1. The molecule has 1 aliphatic rings. The maximum absolute atomic E-state index is 11.7. The van der Waals surface area contributed by atoms with Crippen LogP contribution < -0.4 is 5.32 Å². The van der Waals surface area contributed by atoms with E-state index in [2.05, 4.69) is 48.1 Å². The molecule has 0 bridgehead atoms. The molecule has 0 radical (unpaired) electrons. The van der Waals surface area contributed by atoms with Crippen LogP contribution >= 0.6 is 0 Å². The Morgan fingerprint density at radius 3 is 2.33 bits per heavy atom. The van der Waals surface area contributed by atoms with E-state index in [1.54, 1.807) is 0 Å². The highest BCUT2D eigenvalue weighted by Gasteiger charge is 2.13. The Morgan fingerprint density at radius 1 is 1.14 bits per heavy atom. The van der Waals surface area contributed by atoms with E-state index in [0.29, 0.717) is 12.3 Å². The van der Waals surface area contributed by atoms with Crippen LogP contribution in [0.25, 0.3) is 0 Å². The first-order chi connectivity index (χ1) is 10.0. The van der Waals surface area contributed by atoms with Gasteiger partial charge in [-0.2, -0.15) is 0 Å². The van der Waals surface area contributed by atoms with Crippen molar-refractivity contribution in [3.63, 3.8) is 0 Å². The normalized spacial score (nSPS) is 17.1. The summed E-state index contributed by atoms with van der Waals surface area (Å²) in [4.78, 5) is 16.6. The lowest BCUT2D eigenvalue weighted by molar-refractivity contribution is -0.116. The number of piperazine rings is 1. The van der Waals surface area contributed by atoms with E-state index in [9.17, 15) is 4.79 Å². The van der Waals surface area contributed by atoms with Gasteiger partial charge in [-0.05, 0) is 30.7 Å². The Bertz CT molecular complexity index is 448. The fourth-order valence-corrected chi connectivity index (χ4v) is 2.54. The van der Waals surface area contributed by atoms with Crippen molar-refractivity contribution in [1.82, 2.24) is 9.80 Å². The van der Waals surface area contributed by atoms with Gasteiger partial charge in [0.1, 0.15) is 0 Å². The van der Waals surface area contributed by atoms with Crippen molar-refractivity contribution >= 4 is 11.6 Å². The average Bonchev–Trinajstić information content (AvgIpc) is 2.42. The van der Waals surface area contributed by atoms with Crippen molar-refractivity contribution in [2.75, 3.05) is 38.5 Å². The molecule has 1 aromatic rings. The zero-order valence-electron chi connectivity index (χ0n) is 13.4. The summed E-state index contributed by atoms with van der Waals surface area (Å²) in [5.74, 6) is 0.485. The molecule has 0 atom stereocenters. The van der Waals surface area contributed by atoms with Crippen molar-refractivity contribution in [2.24, 2.45) is 5.92 Å². The number of nitrogens with zero attached hydrogens (tertiary/aromatic N) is 2. The minimum atomic E-state index is 0.0943. The minimum Gasteiger partial charge on any atom is -0.326 e. The smallest absolute Gasteiger partial charge is 0.224 e. The van der Waals surface area contributed by atoms with Crippen LogP contribution in [0.15, 0.2) is 24.3 Å². The largest absolute Gasteiger partial charge is 0.326 e. The summed E-state index contributed by atoms with van der Waals surface area (Å²) in [6, 6.07) is 8.24. The monoisotopic (exact) mass is 289 g/mol. The van der Waals surface area contributed by atoms with Crippen molar-refractivity contribution in [3.8, 4) is 0 Å². The molecule has 4 heteroatoms. The van der Waals surface area contributed by atoms with Gasteiger partial charge < -0.3 is 10.2 Å². The van der Waals surface area contributed by atoms with Crippen molar-refractivity contribution in [1.29, 1.82) is 0 Å². The second kappa shape index (κ2) is 7.57. The number of nitrogens with one attached hydrogen (secondary N) is 1. The molecule has 1 saturated heterocycles. The topological polar surface area (TPSA) is 35.6 Å². The van der Waals surface area contributed by atoms with Crippen LogP contribution in [0.2, 0.25) is 0 Å². The number of benzene rings is 1. The van der Waals surface area contributed by atoms with Crippen molar-refractivity contribution < 1.29 is 4.79 Å². The molecule has 1 aliphatic heterocycles. The molecule has 21 heavy (non-hydrogen) atoms. The van der Waals surface area contributed by atoms with E-state index in [1.165, 1.54) is 5.56 Å². The Hall–Kier alpha value is -1.39. The SMILES string of the molecule is CC(C)CC(=O)Nc1ccc(CN2CCN(C)CC2)cc1. The van der Waals surface area contributed by atoms with Crippen LogP contribution in [0.4, 0.5) is 5.69 Å². The van der Waals surface area contributed by atoms with Crippen LogP contribution in [0.3, 0.4) is 0 Å². The number of likely N-dealkylation sites (N-methyl/N-ethyl adjacent to an activating group) is 1. The molecular weight excluding hydrogens is 262 g/mol. The summed E-state index contributed by atoms with van der Waals surface area (Å²) >= 11 is 0. The lowest BCUT2D eigenvalue weighted by Gasteiger charge is -2.32. The number of hydrogen-bond acceptors (Lipinski definition) is 3. The van der Waals surface area contributed by atoms with E-state index in [0.717, 1.165) is 38.4 Å². The highest BCUT2D eigenvalue weighted by atomic mass is 16.1. The van der Waals surface area contributed by atoms with E-state index in [-0.39, 0.29) is 5.91 Å². The predicted octanol–water partition coefficient (Wildman–Crippen LogP) is 2.42. The second-order valence-electron chi connectivity index (χ2n) is 6.42. The average molecular weight is 289 g/mol. The molecule has 116 valence electrons. The maximum atomic E-state index is 11.7. The minimum absolute atomic E-state index is 0.0943. The summed E-state index contributed by atoms with van der Waals surface area (Å²) in [5.41, 5.74) is 2.20. The maximum Gasteiger partial charge on any atom is 0.224 e. The fraction of sp³-hybridized carbons (Fsp3) is 0.588. The molecule has 1 heterocycles. The van der Waals surface area contributed by atoms with Gasteiger partial charge in [0.25, 0.3) is 0 Å². The molecule has 0 spiro atoms. The zero-order valence-corrected chi connectivity index (χ0v) is 13.4. The number of anilines is 1. The molecule has 1 amide bonds. The third-order valence-electron chi connectivity index (χ3n) is 3.83. The van der Waals surface area contributed by atoms with Crippen LogP contribution in [0.1, 0.15) is 25.8 Å². The molecule has 0 aromatic heterocycles. The quantitative estimate of drug-likeness (QED) is 0.904. The molecule has 0 aliphatic carbocycles. The summed E-state index contributed by atoms with van der Waals surface area (Å²) in [7, 11) is 2.17. The molecule has 1 N–H and O–H groups in total. The van der Waals surface area contributed by atoms with E-state index < -0.39 is 0 Å². The van der Waals surface area contributed by atoms with Crippen LogP contribution in [-0.4, -0.2) is 48.9 Å². The highest BCUT2D eigenvalue weighted by molar-refractivity contribution is 5.90. The van der Waals surface area contributed by atoms with E-state index in [4.69, 9.17) is 0 Å². The first-order valence-corrected chi connectivity index (χ1v) is 7.82. The third-order valence-corrected chi connectivity index (χ3v) is 3.83. The molecule has 2 rings (SSSR count). The highest BCUT2D eigenvalue weighted by Crippen LogP contribution is 2.13. The molecule has 1 aromatic carbocycles. The number of hydrogen-bond donors (Lipinski definition) is 1. The zero-order chi connectivity index (χ0) is 15.2. The fourth-order valence-electron chi connectivity index (χ4n) is 2.54. The van der Waals surface area contributed by atoms with Gasteiger partial charge in [-0.3, -0.25) is 9.69 Å². The van der Waals surface area contributed by atoms with Gasteiger partial charge in [0, 0.05) is 44.8 Å². The van der Waals surface area contributed by atoms with Gasteiger partial charge in [0.2, 0.25) is 5.91 Å². The first-order valence-electron chi connectivity index (χ1n) is 7.82.